The van der Waals surface area contributed by atoms with Crippen molar-refractivity contribution in [2.45, 2.75) is 77.0 Å². The zero-order chi connectivity index (χ0) is 15.5. The van der Waals surface area contributed by atoms with Gasteiger partial charge in [0.05, 0.1) is 22.5 Å². The van der Waals surface area contributed by atoms with Crippen LogP contribution in [0.4, 0.5) is 0 Å². The Morgan fingerprint density at radius 1 is 1.33 bits per heavy atom. The fraction of sp³-hybridized carbons (Fsp3) is 0.812. The van der Waals surface area contributed by atoms with E-state index >= 15 is 0 Å². The number of aliphatic hydroxyl groups excluding tert-OH is 1. The van der Waals surface area contributed by atoms with E-state index in [1.54, 1.807) is 6.20 Å². The van der Waals surface area contributed by atoms with Gasteiger partial charge in [0.25, 0.3) is 0 Å². The van der Waals surface area contributed by atoms with Crippen molar-refractivity contribution in [3.8, 4) is 0 Å². The average Bonchev–Trinajstić information content (AvgIpc) is 2.68. The van der Waals surface area contributed by atoms with Crippen molar-refractivity contribution in [1.29, 1.82) is 0 Å². The molecule has 120 valence electrons. The van der Waals surface area contributed by atoms with Gasteiger partial charge in [0.1, 0.15) is 6.10 Å². The monoisotopic (exact) mass is 314 g/mol. The summed E-state index contributed by atoms with van der Waals surface area (Å²) in [5, 5.41) is 15.9. The Kier molecular flexibility index (Phi) is 5.69. The molecule has 1 aliphatic rings. The van der Waals surface area contributed by atoms with Crippen LogP contribution >= 0.6 is 11.6 Å². The van der Waals surface area contributed by atoms with Gasteiger partial charge in [0.2, 0.25) is 0 Å². The first-order valence-electron chi connectivity index (χ1n) is 8.06. The van der Waals surface area contributed by atoms with Crippen molar-refractivity contribution >= 4 is 11.6 Å². The molecule has 1 aromatic heterocycles. The minimum absolute atomic E-state index is 0.159. The molecule has 5 heteroatoms. The van der Waals surface area contributed by atoms with Crippen molar-refractivity contribution in [3.05, 3.63) is 16.9 Å². The second-order valence-corrected chi connectivity index (χ2v) is 6.64. The summed E-state index contributed by atoms with van der Waals surface area (Å²) in [6, 6.07) is 0.159. The van der Waals surface area contributed by atoms with Crippen molar-refractivity contribution in [1.82, 2.24) is 9.78 Å². The first-order chi connectivity index (χ1) is 10.0. The smallest absolute Gasteiger partial charge is 0.126 e. The minimum atomic E-state index is -0.729. The van der Waals surface area contributed by atoms with E-state index in [9.17, 15) is 5.11 Å². The number of hydrogen-bond donors (Lipinski definition) is 1. The van der Waals surface area contributed by atoms with Gasteiger partial charge in [-0.25, -0.2) is 0 Å². The van der Waals surface area contributed by atoms with E-state index in [-0.39, 0.29) is 6.04 Å². The van der Waals surface area contributed by atoms with Crippen LogP contribution in [0.2, 0.25) is 5.02 Å². The van der Waals surface area contributed by atoms with E-state index in [0.29, 0.717) is 17.3 Å². The highest BCUT2D eigenvalue weighted by Crippen LogP contribution is 2.42. The van der Waals surface area contributed by atoms with Gasteiger partial charge >= 0.3 is 0 Å². The summed E-state index contributed by atoms with van der Waals surface area (Å²) in [4.78, 5) is 0. The number of aliphatic hydroxyl groups is 1. The Hall–Kier alpha value is -0.580. The number of halogens is 1. The molecule has 2 rings (SSSR count). The molecule has 0 aliphatic heterocycles. The lowest BCUT2D eigenvalue weighted by atomic mass is 9.86. The van der Waals surface area contributed by atoms with Crippen LogP contribution in [0.15, 0.2) is 6.20 Å². The summed E-state index contributed by atoms with van der Waals surface area (Å²) in [5.74, 6) is 0. The van der Waals surface area contributed by atoms with Crippen LogP contribution in [0.1, 0.15) is 77.1 Å². The Morgan fingerprint density at radius 3 is 2.48 bits per heavy atom. The minimum Gasteiger partial charge on any atom is -0.384 e. The number of aromatic nitrogens is 2. The normalized spacial score (nSPS) is 20.5. The lowest BCUT2D eigenvalue weighted by Gasteiger charge is -2.37. The van der Waals surface area contributed by atoms with Crippen LogP contribution in [-0.2, 0) is 4.74 Å². The highest BCUT2D eigenvalue weighted by molar-refractivity contribution is 6.31. The lowest BCUT2D eigenvalue weighted by molar-refractivity contribution is -0.134. The summed E-state index contributed by atoms with van der Waals surface area (Å²) in [5.41, 5.74) is 0.170. The first-order valence-corrected chi connectivity index (χ1v) is 8.44. The van der Waals surface area contributed by atoms with Crippen molar-refractivity contribution in [2.75, 3.05) is 6.61 Å². The summed E-state index contributed by atoms with van der Waals surface area (Å²) in [6.45, 7) is 6.67. The third kappa shape index (κ3) is 3.43. The van der Waals surface area contributed by atoms with E-state index in [0.717, 1.165) is 25.7 Å². The molecule has 1 fully saturated rings. The molecule has 4 nitrogen and oxygen atoms in total. The van der Waals surface area contributed by atoms with Crippen LogP contribution in [0.5, 0.6) is 0 Å². The second kappa shape index (κ2) is 7.12. The maximum atomic E-state index is 11.1. The molecule has 0 radical (unpaired) electrons. The fourth-order valence-corrected chi connectivity index (χ4v) is 3.61. The van der Waals surface area contributed by atoms with Crippen LogP contribution < -0.4 is 0 Å². The maximum absolute atomic E-state index is 11.1. The van der Waals surface area contributed by atoms with E-state index in [2.05, 4.69) is 5.10 Å². The molecule has 1 saturated carbocycles. The summed E-state index contributed by atoms with van der Waals surface area (Å²) >= 11 is 6.31. The molecule has 0 amide bonds. The molecule has 1 aliphatic carbocycles. The third-order valence-corrected chi connectivity index (χ3v) is 4.71. The van der Waals surface area contributed by atoms with Crippen molar-refractivity contribution in [2.24, 2.45) is 0 Å². The Balaban J connectivity index is 2.38. The molecule has 1 heterocycles. The van der Waals surface area contributed by atoms with Crippen LogP contribution in [0, 0.1) is 0 Å². The van der Waals surface area contributed by atoms with Gasteiger partial charge in [-0.05, 0) is 33.6 Å². The van der Waals surface area contributed by atoms with Gasteiger partial charge in [-0.3, -0.25) is 4.68 Å². The quantitative estimate of drug-likeness (QED) is 0.825. The second-order valence-electron chi connectivity index (χ2n) is 6.23. The van der Waals surface area contributed by atoms with E-state index in [4.69, 9.17) is 16.3 Å². The predicted octanol–water partition coefficient (Wildman–Crippen LogP) is 4.28. The van der Waals surface area contributed by atoms with E-state index in [1.165, 1.54) is 12.8 Å². The molecule has 0 bridgehead atoms. The van der Waals surface area contributed by atoms with Gasteiger partial charge in [-0.2, -0.15) is 5.10 Å². The van der Waals surface area contributed by atoms with Gasteiger partial charge in [0, 0.05) is 12.6 Å². The molecule has 1 unspecified atom stereocenters. The van der Waals surface area contributed by atoms with Crippen LogP contribution in [0.25, 0.3) is 0 Å². The molecule has 1 N–H and O–H groups in total. The fourth-order valence-electron chi connectivity index (χ4n) is 3.38. The molecule has 1 aromatic rings. The average molecular weight is 315 g/mol. The number of ether oxygens (including phenoxy) is 1. The summed E-state index contributed by atoms with van der Waals surface area (Å²) in [7, 11) is 0. The Bertz CT molecular complexity index is 451. The Morgan fingerprint density at radius 2 is 1.95 bits per heavy atom. The van der Waals surface area contributed by atoms with Crippen LogP contribution in [-0.4, -0.2) is 27.1 Å². The highest BCUT2D eigenvalue weighted by atomic mass is 35.5. The van der Waals surface area contributed by atoms with Crippen molar-refractivity contribution in [3.63, 3.8) is 0 Å². The summed E-state index contributed by atoms with van der Waals surface area (Å²) < 4.78 is 7.89. The van der Waals surface area contributed by atoms with Crippen molar-refractivity contribution < 1.29 is 9.84 Å². The Labute approximate surface area is 132 Å². The number of rotatable bonds is 5. The number of nitrogens with zero attached hydrogens (tertiary/aromatic N) is 2. The standard InChI is InChI=1S/C16H27ClN2O2/c1-4-21-16(9-7-5-6-8-10-16)15(20)14-13(17)11-18-19(14)12(2)3/h11-12,15,20H,4-10H2,1-3H3. The lowest BCUT2D eigenvalue weighted by Crippen LogP contribution is -2.40. The molecule has 0 spiro atoms. The van der Waals surface area contributed by atoms with Gasteiger partial charge in [0.15, 0.2) is 0 Å². The summed E-state index contributed by atoms with van der Waals surface area (Å²) in [6.07, 6.45) is 7.24. The zero-order valence-electron chi connectivity index (χ0n) is 13.3. The molecule has 21 heavy (non-hydrogen) atoms. The molecule has 0 aromatic carbocycles. The zero-order valence-corrected chi connectivity index (χ0v) is 14.1. The van der Waals surface area contributed by atoms with E-state index in [1.807, 2.05) is 25.5 Å². The molecular weight excluding hydrogens is 288 g/mol. The van der Waals surface area contributed by atoms with Gasteiger partial charge in [-0.1, -0.05) is 37.3 Å². The third-order valence-electron chi connectivity index (χ3n) is 4.42. The highest BCUT2D eigenvalue weighted by Gasteiger charge is 2.42. The molecular formula is C16H27ClN2O2. The number of hydrogen-bond acceptors (Lipinski definition) is 3. The predicted molar refractivity (Wildman–Crippen MR) is 84.6 cm³/mol. The topological polar surface area (TPSA) is 47.3 Å². The molecule has 1 atom stereocenters. The largest absolute Gasteiger partial charge is 0.384 e. The van der Waals surface area contributed by atoms with E-state index < -0.39 is 11.7 Å². The van der Waals surface area contributed by atoms with Crippen LogP contribution in [0.3, 0.4) is 0 Å². The van der Waals surface area contributed by atoms with Gasteiger partial charge < -0.3 is 9.84 Å². The SMILES string of the molecule is CCOC1(C(O)c2c(Cl)cnn2C(C)C)CCCCCC1. The molecule has 0 saturated heterocycles. The van der Waals surface area contributed by atoms with Gasteiger partial charge in [-0.15, -0.1) is 0 Å². The first kappa shape index (κ1) is 16.8. The maximum Gasteiger partial charge on any atom is 0.126 e.